The third-order valence-electron chi connectivity index (χ3n) is 3.81. The topological polar surface area (TPSA) is 70.4 Å². The molecule has 2 rings (SSSR count). The van der Waals surface area contributed by atoms with Gasteiger partial charge in [0.05, 0.1) is 30.6 Å². The number of hydrogen-bond acceptors (Lipinski definition) is 5. The molecular formula is C14H23ClN4O2. The molecule has 0 amide bonds. The van der Waals surface area contributed by atoms with Crippen molar-refractivity contribution < 1.29 is 5.11 Å². The Morgan fingerprint density at radius 2 is 2.19 bits per heavy atom. The van der Waals surface area contributed by atoms with Crippen LogP contribution in [0.1, 0.15) is 25.7 Å². The number of aliphatic hydroxyl groups is 1. The predicted octanol–water partition coefficient (Wildman–Crippen LogP) is 1.17. The smallest absolute Gasteiger partial charge is 0.287 e. The van der Waals surface area contributed by atoms with Crippen LogP contribution >= 0.6 is 11.6 Å². The highest BCUT2D eigenvalue weighted by atomic mass is 35.5. The maximum absolute atomic E-state index is 12.2. The Morgan fingerprint density at radius 3 is 2.86 bits per heavy atom. The summed E-state index contributed by atoms with van der Waals surface area (Å²) in [4.78, 5) is 14.2. The molecule has 7 heteroatoms. The van der Waals surface area contributed by atoms with Crippen LogP contribution in [0.4, 0.5) is 5.69 Å². The zero-order valence-electron chi connectivity index (χ0n) is 12.5. The molecule has 6 nitrogen and oxygen atoms in total. The zero-order chi connectivity index (χ0) is 15.4. The van der Waals surface area contributed by atoms with Gasteiger partial charge in [0, 0.05) is 6.54 Å². The zero-order valence-corrected chi connectivity index (χ0v) is 13.3. The Balaban J connectivity index is 2.11. The summed E-state index contributed by atoms with van der Waals surface area (Å²) in [5.74, 6) is 0. The second-order valence-corrected chi connectivity index (χ2v) is 6.18. The van der Waals surface area contributed by atoms with E-state index < -0.39 is 6.10 Å². The lowest BCUT2D eigenvalue weighted by atomic mass is 9.92. The first-order chi connectivity index (χ1) is 9.99. The number of hydrogen-bond donors (Lipinski definition) is 2. The van der Waals surface area contributed by atoms with Crippen LogP contribution in [0.2, 0.25) is 5.02 Å². The van der Waals surface area contributed by atoms with E-state index in [1.807, 2.05) is 19.0 Å². The normalized spacial score (nSPS) is 22.5. The van der Waals surface area contributed by atoms with Crippen LogP contribution < -0.4 is 10.9 Å². The molecule has 1 aromatic rings. The van der Waals surface area contributed by atoms with Crippen LogP contribution in [-0.2, 0) is 6.54 Å². The third kappa shape index (κ3) is 4.18. The van der Waals surface area contributed by atoms with Crippen molar-refractivity contribution in [3.8, 4) is 0 Å². The molecule has 0 aromatic carbocycles. The maximum Gasteiger partial charge on any atom is 0.287 e. The van der Waals surface area contributed by atoms with Crippen molar-refractivity contribution in [3.05, 3.63) is 21.6 Å². The van der Waals surface area contributed by atoms with Gasteiger partial charge in [0.15, 0.2) is 0 Å². The molecule has 2 atom stereocenters. The fourth-order valence-corrected chi connectivity index (χ4v) is 2.70. The summed E-state index contributed by atoms with van der Waals surface area (Å²) in [6.07, 6.45) is 4.94. The van der Waals surface area contributed by atoms with Crippen molar-refractivity contribution in [1.82, 2.24) is 14.7 Å². The van der Waals surface area contributed by atoms with Crippen LogP contribution in [-0.4, -0.2) is 52.6 Å². The summed E-state index contributed by atoms with van der Waals surface area (Å²) in [7, 11) is 3.88. The van der Waals surface area contributed by atoms with Crippen molar-refractivity contribution >= 4 is 17.3 Å². The van der Waals surface area contributed by atoms with E-state index in [9.17, 15) is 9.90 Å². The molecule has 1 saturated carbocycles. The van der Waals surface area contributed by atoms with Crippen molar-refractivity contribution in [2.45, 2.75) is 44.4 Å². The first kappa shape index (κ1) is 16.3. The number of nitrogens with zero attached hydrogens (tertiary/aromatic N) is 3. The number of aliphatic hydroxyl groups excluding tert-OH is 1. The Bertz CT molecular complexity index is 532. The molecule has 0 radical (unpaired) electrons. The van der Waals surface area contributed by atoms with Gasteiger partial charge in [0.2, 0.25) is 0 Å². The quantitative estimate of drug-likeness (QED) is 0.854. The fourth-order valence-electron chi connectivity index (χ4n) is 2.50. The van der Waals surface area contributed by atoms with E-state index in [-0.39, 0.29) is 16.6 Å². The average molecular weight is 315 g/mol. The van der Waals surface area contributed by atoms with Gasteiger partial charge < -0.3 is 15.3 Å². The van der Waals surface area contributed by atoms with Crippen molar-refractivity contribution in [2.75, 3.05) is 26.0 Å². The number of halogens is 1. The highest BCUT2D eigenvalue weighted by molar-refractivity contribution is 6.32. The van der Waals surface area contributed by atoms with Crippen LogP contribution in [0.25, 0.3) is 0 Å². The van der Waals surface area contributed by atoms with E-state index in [0.717, 1.165) is 32.2 Å². The molecule has 0 bridgehead atoms. The van der Waals surface area contributed by atoms with Crippen molar-refractivity contribution in [1.29, 1.82) is 0 Å². The van der Waals surface area contributed by atoms with Gasteiger partial charge in [-0.1, -0.05) is 24.4 Å². The van der Waals surface area contributed by atoms with Gasteiger partial charge in [-0.15, -0.1) is 0 Å². The van der Waals surface area contributed by atoms with Gasteiger partial charge >= 0.3 is 0 Å². The summed E-state index contributed by atoms with van der Waals surface area (Å²) in [5.41, 5.74) is 0.211. The molecular weight excluding hydrogens is 292 g/mol. The highest BCUT2D eigenvalue weighted by Gasteiger charge is 2.24. The molecule has 1 heterocycles. The van der Waals surface area contributed by atoms with E-state index in [0.29, 0.717) is 12.2 Å². The second-order valence-electron chi connectivity index (χ2n) is 5.81. The summed E-state index contributed by atoms with van der Waals surface area (Å²) in [6, 6.07) is -0.0601. The Morgan fingerprint density at radius 1 is 1.48 bits per heavy atom. The van der Waals surface area contributed by atoms with Gasteiger partial charge in [-0.2, -0.15) is 5.10 Å². The molecule has 1 fully saturated rings. The minimum atomic E-state index is -0.397. The Hall–Kier alpha value is -1.11. The summed E-state index contributed by atoms with van der Waals surface area (Å²) >= 11 is 6.15. The van der Waals surface area contributed by atoms with Gasteiger partial charge in [0.25, 0.3) is 5.56 Å². The highest BCUT2D eigenvalue weighted by Crippen LogP contribution is 2.24. The Labute approximate surface area is 129 Å². The summed E-state index contributed by atoms with van der Waals surface area (Å²) < 4.78 is 1.37. The predicted molar refractivity (Wildman–Crippen MR) is 83.9 cm³/mol. The van der Waals surface area contributed by atoms with Crippen LogP contribution in [0.15, 0.2) is 11.0 Å². The third-order valence-corrected chi connectivity index (χ3v) is 4.18. The number of aromatic nitrogens is 2. The van der Waals surface area contributed by atoms with Gasteiger partial charge in [-0.05, 0) is 26.9 Å². The average Bonchev–Trinajstić information content (AvgIpc) is 2.45. The summed E-state index contributed by atoms with van der Waals surface area (Å²) in [5, 5.41) is 17.4. The lowest BCUT2D eigenvalue weighted by molar-refractivity contribution is 0.116. The molecule has 1 aliphatic rings. The largest absolute Gasteiger partial charge is 0.391 e. The summed E-state index contributed by atoms with van der Waals surface area (Å²) in [6.45, 7) is 1.22. The van der Waals surface area contributed by atoms with E-state index >= 15 is 0 Å². The second kappa shape index (κ2) is 7.24. The van der Waals surface area contributed by atoms with E-state index in [2.05, 4.69) is 10.4 Å². The first-order valence-corrected chi connectivity index (χ1v) is 7.72. The van der Waals surface area contributed by atoms with Crippen LogP contribution in [0.5, 0.6) is 0 Å². The minimum absolute atomic E-state index is 0.0601. The van der Waals surface area contributed by atoms with Gasteiger partial charge in [-0.25, -0.2) is 4.68 Å². The lowest BCUT2D eigenvalue weighted by Gasteiger charge is -2.29. The lowest BCUT2D eigenvalue weighted by Crippen LogP contribution is -2.37. The van der Waals surface area contributed by atoms with Crippen LogP contribution in [0.3, 0.4) is 0 Å². The molecule has 2 unspecified atom stereocenters. The monoisotopic (exact) mass is 314 g/mol. The van der Waals surface area contributed by atoms with Crippen molar-refractivity contribution in [3.63, 3.8) is 0 Å². The maximum atomic E-state index is 12.2. The first-order valence-electron chi connectivity index (χ1n) is 7.34. The molecule has 0 spiro atoms. The number of rotatable bonds is 5. The molecule has 118 valence electrons. The molecule has 0 saturated heterocycles. The SMILES string of the molecule is CN(C)CCn1ncc(NC2CCCCC2O)c(Cl)c1=O. The van der Waals surface area contributed by atoms with Gasteiger partial charge in [0.1, 0.15) is 5.02 Å². The van der Waals surface area contributed by atoms with Crippen molar-refractivity contribution in [2.24, 2.45) is 0 Å². The fraction of sp³-hybridized carbons (Fsp3) is 0.714. The number of likely N-dealkylation sites (N-methyl/N-ethyl adjacent to an activating group) is 1. The number of anilines is 1. The van der Waals surface area contributed by atoms with E-state index in [1.54, 1.807) is 6.20 Å². The molecule has 21 heavy (non-hydrogen) atoms. The minimum Gasteiger partial charge on any atom is -0.391 e. The molecule has 1 aromatic heterocycles. The Kier molecular flexibility index (Phi) is 5.61. The standard InChI is InChI=1S/C14H23ClN4O2/c1-18(2)7-8-19-14(21)13(15)11(9-16-19)17-10-5-3-4-6-12(10)20/h9-10,12,17,20H,3-8H2,1-2H3. The molecule has 0 aliphatic heterocycles. The van der Waals surface area contributed by atoms with Gasteiger partial charge in [-0.3, -0.25) is 4.79 Å². The molecule has 1 aliphatic carbocycles. The van der Waals surface area contributed by atoms with E-state index in [1.165, 1.54) is 4.68 Å². The van der Waals surface area contributed by atoms with E-state index in [4.69, 9.17) is 11.6 Å². The van der Waals surface area contributed by atoms with Crippen LogP contribution in [0, 0.1) is 0 Å². The number of nitrogens with one attached hydrogen (secondary N) is 1. The molecule has 2 N–H and O–H groups in total.